The number of hydrogen-bond acceptors (Lipinski definition) is 2. The summed E-state index contributed by atoms with van der Waals surface area (Å²) in [6.45, 7) is 1.95. The monoisotopic (exact) mass is 288 g/mol. The molecule has 1 unspecified atom stereocenters. The average Bonchev–Trinajstić information content (AvgIpc) is 2.48. The van der Waals surface area contributed by atoms with Crippen molar-refractivity contribution < 1.29 is 14.2 Å². The second-order valence-electron chi connectivity index (χ2n) is 5.39. The molecule has 0 fully saturated rings. The summed E-state index contributed by atoms with van der Waals surface area (Å²) in [5, 5.41) is 10.8. The molecule has 0 amide bonds. The van der Waals surface area contributed by atoms with E-state index in [1.807, 2.05) is 37.3 Å². The van der Waals surface area contributed by atoms with Crippen LogP contribution in [0.2, 0.25) is 0 Å². The first-order valence-corrected chi connectivity index (χ1v) is 7.15. The molecule has 112 valence electrons. The number of rotatable bonds is 6. The van der Waals surface area contributed by atoms with Gasteiger partial charge in [-0.25, -0.2) is 4.39 Å². The molecule has 0 saturated carbocycles. The summed E-state index contributed by atoms with van der Waals surface area (Å²) in [5.74, 6) is -0.171. The zero-order chi connectivity index (χ0) is 15.3. The zero-order valence-corrected chi connectivity index (χ0v) is 12.5. The van der Waals surface area contributed by atoms with Crippen molar-refractivity contribution >= 4 is 0 Å². The van der Waals surface area contributed by atoms with E-state index in [4.69, 9.17) is 4.74 Å². The fourth-order valence-corrected chi connectivity index (χ4v) is 2.49. The van der Waals surface area contributed by atoms with Crippen LogP contribution >= 0.6 is 0 Å². The lowest BCUT2D eigenvalue weighted by atomic mass is 9.86. The molecule has 1 atom stereocenters. The number of ether oxygens (including phenoxy) is 1. The van der Waals surface area contributed by atoms with Crippen molar-refractivity contribution in [3.05, 3.63) is 65.5 Å². The normalized spacial score (nSPS) is 13.7. The Hall–Kier alpha value is -1.87. The Morgan fingerprint density at radius 3 is 2.29 bits per heavy atom. The first kappa shape index (κ1) is 15.5. The third-order valence-electron chi connectivity index (χ3n) is 3.78. The Morgan fingerprint density at radius 1 is 1.05 bits per heavy atom. The summed E-state index contributed by atoms with van der Waals surface area (Å²) in [6.07, 6.45) is 1.58. The zero-order valence-electron chi connectivity index (χ0n) is 12.5. The van der Waals surface area contributed by atoms with Crippen LogP contribution in [0.1, 0.15) is 24.5 Å². The van der Waals surface area contributed by atoms with Crippen molar-refractivity contribution in [3.8, 4) is 5.75 Å². The molecular weight excluding hydrogens is 267 g/mol. The molecule has 0 aromatic heterocycles. The summed E-state index contributed by atoms with van der Waals surface area (Å²) in [7, 11) is 1.44. The van der Waals surface area contributed by atoms with E-state index in [9.17, 15) is 9.50 Å². The van der Waals surface area contributed by atoms with Crippen LogP contribution in [-0.2, 0) is 12.8 Å². The third kappa shape index (κ3) is 4.05. The van der Waals surface area contributed by atoms with Crippen LogP contribution in [0.3, 0.4) is 0 Å². The lowest BCUT2D eigenvalue weighted by Crippen LogP contribution is -2.33. The van der Waals surface area contributed by atoms with E-state index in [0.717, 1.165) is 11.1 Å². The average molecular weight is 288 g/mol. The van der Waals surface area contributed by atoms with Crippen molar-refractivity contribution in [3.63, 3.8) is 0 Å². The van der Waals surface area contributed by atoms with Gasteiger partial charge in [-0.15, -0.1) is 0 Å². The van der Waals surface area contributed by atoms with Gasteiger partial charge in [0.15, 0.2) is 11.6 Å². The van der Waals surface area contributed by atoms with Crippen molar-refractivity contribution in [1.29, 1.82) is 0 Å². The second kappa shape index (κ2) is 6.72. The number of aliphatic hydroxyl groups is 1. The SMILES string of the molecule is CCC(O)(Cc1ccccc1)Cc1ccc(OC)c(F)c1. The lowest BCUT2D eigenvalue weighted by Gasteiger charge is -2.27. The van der Waals surface area contributed by atoms with E-state index in [-0.39, 0.29) is 5.75 Å². The maximum Gasteiger partial charge on any atom is 0.165 e. The summed E-state index contributed by atoms with van der Waals surface area (Å²) in [5.41, 5.74) is 0.979. The highest BCUT2D eigenvalue weighted by Crippen LogP contribution is 2.25. The van der Waals surface area contributed by atoms with Crippen LogP contribution in [0.5, 0.6) is 5.75 Å². The molecule has 1 N–H and O–H groups in total. The molecule has 0 radical (unpaired) electrons. The van der Waals surface area contributed by atoms with Gasteiger partial charge in [-0.05, 0) is 29.7 Å². The Morgan fingerprint density at radius 2 is 1.71 bits per heavy atom. The van der Waals surface area contributed by atoms with Gasteiger partial charge < -0.3 is 9.84 Å². The lowest BCUT2D eigenvalue weighted by molar-refractivity contribution is 0.0368. The Kier molecular flexibility index (Phi) is 4.97. The summed E-state index contributed by atoms with van der Waals surface area (Å²) in [4.78, 5) is 0. The van der Waals surface area contributed by atoms with Crippen LogP contribution in [0, 0.1) is 5.82 Å². The molecule has 0 saturated heterocycles. The summed E-state index contributed by atoms with van der Waals surface area (Å²) in [6, 6.07) is 14.7. The van der Waals surface area contributed by atoms with E-state index in [1.165, 1.54) is 13.2 Å². The molecule has 0 spiro atoms. The number of benzene rings is 2. The standard InChI is InChI=1S/C18H21FO2/c1-3-18(20,12-14-7-5-4-6-8-14)13-15-9-10-17(21-2)16(19)11-15/h4-11,20H,3,12-13H2,1-2H3. The van der Waals surface area contributed by atoms with Gasteiger partial charge >= 0.3 is 0 Å². The minimum atomic E-state index is -0.873. The van der Waals surface area contributed by atoms with Crippen molar-refractivity contribution in [1.82, 2.24) is 0 Å². The molecule has 0 bridgehead atoms. The smallest absolute Gasteiger partial charge is 0.165 e. The second-order valence-corrected chi connectivity index (χ2v) is 5.39. The molecule has 0 aliphatic carbocycles. The molecule has 0 aliphatic rings. The molecule has 2 aromatic rings. The maximum absolute atomic E-state index is 13.7. The maximum atomic E-state index is 13.7. The highest BCUT2D eigenvalue weighted by Gasteiger charge is 2.26. The minimum absolute atomic E-state index is 0.224. The van der Waals surface area contributed by atoms with Crippen LogP contribution in [0.15, 0.2) is 48.5 Å². The number of methoxy groups -OCH3 is 1. The van der Waals surface area contributed by atoms with Gasteiger partial charge in [0.2, 0.25) is 0 Å². The predicted molar refractivity (Wildman–Crippen MR) is 82.0 cm³/mol. The summed E-state index contributed by atoms with van der Waals surface area (Å²) >= 11 is 0. The predicted octanol–water partition coefficient (Wildman–Crippen LogP) is 3.76. The highest BCUT2D eigenvalue weighted by atomic mass is 19.1. The topological polar surface area (TPSA) is 29.5 Å². The molecule has 3 heteroatoms. The fraction of sp³-hybridized carbons (Fsp3) is 0.333. The number of hydrogen-bond donors (Lipinski definition) is 1. The van der Waals surface area contributed by atoms with Gasteiger partial charge in [0.1, 0.15) is 0 Å². The first-order chi connectivity index (χ1) is 10.1. The van der Waals surface area contributed by atoms with Gasteiger partial charge in [-0.3, -0.25) is 0 Å². The van der Waals surface area contributed by atoms with Crippen LogP contribution in [0.25, 0.3) is 0 Å². The Bertz CT molecular complexity index is 583. The van der Waals surface area contributed by atoms with Crippen LogP contribution in [0.4, 0.5) is 4.39 Å². The Labute approximate surface area is 125 Å². The molecule has 21 heavy (non-hydrogen) atoms. The van der Waals surface area contributed by atoms with Gasteiger partial charge in [-0.1, -0.05) is 43.3 Å². The molecular formula is C18H21FO2. The number of halogens is 1. The van der Waals surface area contributed by atoms with Gasteiger partial charge in [0.25, 0.3) is 0 Å². The molecule has 2 rings (SSSR count). The van der Waals surface area contributed by atoms with E-state index >= 15 is 0 Å². The van der Waals surface area contributed by atoms with Crippen LogP contribution in [-0.4, -0.2) is 17.8 Å². The van der Waals surface area contributed by atoms with E-state index in [1.54, 1.807) is 12.1 Å². The van der Waals surface area contributed by atoms with E-state index < -0.39 is 11.4 Å². The highest BCUT2D eigenvalue weighted by molar-refractivity contribution is 5.30. The Balaban J connectivity index is 2.16. The minimum Gasteiger partial charge on any atom is -0.494 e. The van der Waals surface area contributed by atoms with Crippen molar-refractivity contribution in [2.24, 2.45) is 0 Å². The van der Waals surface area contributed by atoms with Gasteiger partial charge in [-0.2, -0.15) is 0 Å². The summed E-state index contributed by atoms with van der Waals surface area (Å²) < 4.78 is 18.7. The first-order valence-electron chi connectivity index (χ1n) is 7.15. The quantitative estimate of drug-likeness (QED) is 0.877. The van der Waals surface area contributed by atoms with Crippen LogP contribution < -0.4 is 4.74 Å². The molecule has 2 aromatic carbocycles. The van der Waals surface area contributed by atoms with Crippen molar-refractivity contribution in [2.75, 3.05) is 7.11 Å². The molecule has 0 heterocycles. The largest absolute Gasteiger partial charge is 0.494 e. The molecule has 0 aliphatic heterocycles. The third-order valence-corrected chi connectivity index (χ3v) is 3.78. The van der Waals surface area contributed by atoms with Crippen molar-refractivity contribution in [2.45, 2.75) is 31.8 Å². The molecule has 2 nitrogen and oxygen atoms in total. The van der Waals surface area contributed by atoms with Gasteiger partial charge in [0.05, 0.1) is 12.7 Å². The van der Waals surface area contributed by atoms with E-state index in [0.29, 0.717) is 19.3 Å². The van der Waals surface area contributed by atoms with Gasteiger partial charge in [0, 0.05) is 12.8 Å². The fourth-order valence-electron chi connectivity index (χ4n) is 2.49. The van der Waals surface area contributed by atoms with E-state index in [2.05, 4.69) is 0 Å².